The number of fused-ring (bicyclic) bond motifs is 14. The van der Waals surface area contributed by atoms with Gasteiger partial charge in [-0.15, -0.1) is 11.3 Å². The molecular weight excluding hydrogens is 518 g/mol. The van der Waals surface area contributed by atoms with Crippen LogP contribution in [0.25, 0.3) is 91.1 Å². The van der Waals surface area contributed by atoms with Crippen LogP contribution in [0, 0.1) is 0 Å². The summed E-state index contributed by atoms with van der Waals surface area (Å²) in [4.78, 5) is 8.71. The highest BCUT2D eigenvalue weighted by Gasteiger charge is 2.20. The Morgan fingerprint density at radius 2 is 1.37 bits per heavy atom. The highest BCUT2D eigenvalue weighted by Crippen LogP contribution is 2.47. The Hall–Kier alpha value is -5.19. The summed E-state index contributed by atoms with van der Waals surface area (Å²) in [6, 6.07) is 41.8. The molecule has 4 heterocycles. The standard InChI is InChI=1S/C37H21N3S/c1-2-9-22-18-23(16-15-21(22)8-1)40-31-20-32-29(19-28(31)26-13-7-17-38-37(26)40)34-35-33(27-12-5-6-14-30(27)39-35)24-10-3-4-11-25(24)36(34)41-32/h1-20,39H. The largest absolute Gasteiger partial charge is 0.354 e. The lowest BCUT2D eigenvalue weighted by atomic mass is 9.99. The van der Waals surface area contributed by atoms with Gasteiger partial charge < -0.3 is 4.98 Å². The van der Waals surface area contributed by atoms with E-state index in [4.69, 9.17) is 4.98 Å². The van der Waals surface area contributed by atoms with E-state index in [0.717, 1.165) is 11.3 Å². The summed E-state index contributed by atoms with van der Waals surface area (Å²) in [6.45, 7) is 0. The minimum Gasteiger partial charge on any atom is -0.354 e. The molecule has 0 aliphatic rings. The second kappa shape index (κ2) is 7.72. The van der Waals surface area contributed by atoms with Gasteiger partial charge in [-0.1, -0.05) is 72.8 Å². The van der Waals surface area contributed by atoms with E-state index in [9.17, 15) is 0 Å². The van der Waals surface area contributed by atoms with Gasteiger partial charge in [-0.25, -0.2) is 4.98 Å². The number of rotatable bonds is 1. The van der Waals surface area contributed by atoms with Crippen molar-refractivity contribution < 1.29 is 0 Å². The molecule has 0 atom stereocenters. The number of aromatic amines is 1. The molecule has 10 rings (SSSR count). The molecule has 4 aromatic heterocycles. The molecule has 41 heavy (non-hydrogen) atoms. The zero-order chi connectivity index (χ0) is 26.7. The smallest absolute Gasteiger partial charge is 0.145 e. The maximum absolute atomic E-state index is 4.89. The summed E-state index contributed by atoms with van der Waals surface area (Å²) in [5.41, 5.74) is 5.71. The fraction of sp³-hybridized carbons (Fsp3) is 0. The first-order chi connectivity index (χ1) is 20.3. The number of nitrogens with one attached hydrogen (secondary N) is 1. The van der Waals surface area contributed by atoms with Crippen molar-refractivity contribution >= 4 is 96.8 Å². The van der Waals surface area contributed by atoms with Crippen molar-refractivity contribution in [1.82, 2.24) is 14.5 Å². The Morgan fingerprint density at radius 1 is 0.585 bits per heavy atom. The lowest BCUT2D eigenvalue weighted by molar-refractivity contribution is 1.14. The van der Waals surface area contributed by atoms with Gasteiger partial charge in [-0.3, -0.25) is 4.57 Å². The molecule has 0 radical (unpaired) electrons. The lowest BCUT2D eigenvalue weighted by Crippen LogP contribution is -1.95. The molecule has 10 aromatic rings. The highest BCUT2D eigenvalue weighted by molar-refractivity contribution is 7.27. The Bertz CT molecular complexity index is 2700. The summed E-state index contributed by atoms with van der Waals surface area (Å²) in [5.74, 6) is 0. The third kappa shape index (κ3) is 2.79. The van der Waals surface area contributed by atoms with Crippen molar-refractivity contribution in [3.05, 3.63) is 121 Å². The van der Waals surface area contributed by atoms with Gasteiger partial charge in [0.1, 0.15) is 5.65 Å². The van der Waals surface area contributed by atoms with E-state index in [1.165, 1.54) is 79.8 Å². The lowest BCUT2D eigenvalue weighted by Gasteiger charge is -2.08. The van der Waals surface area contributed by atoms with Gasteiger partial charge in [0, 0.05) is 64.5 Å². The summed E-state index contributed by atoms with van der Waals surface area (Å²) in [6.07, 6.45) is 1.90. The number of para-hydroxylation sites is 1. The van der Waals surface area contributed by atoms with E-state index >= 15 is 0 Å². The van der Waals surface area contributed by atoms with Crippen LogP contribution in [0.15, 0.2) is 121 Å². The van der Waals surface area contributed by atoms with Crippen LogP contribution in [0.3, 0.4) is 0 Å². The van der Waals surface area contributed by atoms with E-state index in [2.05, 4.69) is 119 Å². The van der Waals surface area contributed by atoms with Crippen LogP contribution >= 0.6 is 11.3 Å². The first-order valence-electron chi connectivity index (χ1n) is 13.9. The Labute approximate surface area is 237 Å². The van der Waals surface area contributed by atoms with Gasteiger partial charge in [0.15, 0.2) is 0 Å². The van der Waals surface area contributed by atoms with Crippen molar-refractivity contribution in [2.45, 2.75) is 0 Å². The monoisotopic (exact) mass is 539 g/mol. The third-order valence-electron chi connectivity index (χ3n) is 8.72. The quantitative estimate of drug-likeness (QED) is 0.221. The van der Waals surface area contributed by atoms with Gasteiger partial charge in [0.2, 0.25) is 0 Å². The first-order valence-corrected chi connectivity index (χ1v) is 14.7. The minimum atomic E-state index is 0.987. The summed E-state index contributed by atoms with van der Waals surface area (Å²) in [5, 5.41) is 12.7. The summed E-state index contributed by atoms with van der Waals surface area (Å²) in [7, 11) is 0. The van der Waals surface area contributed by atoms with Gasteiger partial charge in [0.25, 0.3) is 0 Å². The average molecular weight is 540 g/mol. The van der Waals surface area contributed by atoms with Crippen molar-refractivity contribution in [3.63, 3.8) is 0 Å². The normalized spacial score (nSPS) is 12.4. The van der Waals surface area contributed by atoms with Crippen molar-refractivity contribution in [3.8, 4) is 5.69 Å². The number of hydrogen-bond donors (Lipinski definition) is 1. The molecule has 0 spiro atoms. The molecule has 0 amide bonds. The average Bonchev–Trinajstić information content (AvgIpc) is 3.69. The SMILES string of the molecule is c1ccc2cc(-n3c4cc5sc6c7ccccc7c7c8ccccc8[nH]c7c6c5cc4c4cccnc43)ccc2c1. The second-order valence-corrected chi connectivity index (χ2v) is 11.9. The van der Waals surface area contributed by atoms with Crippen LogP contribution < -0.4 is 0 Å². The van der Waals surface area contributed by atoms with Crippen molar-refractivity contribution in [2.75, 3.05) is 0 Å². The fourth-order valence-corrected chi connectivity index (χ4v) is 8.22. The maximum atomic E-state index is 4.89. The molecule has 0 fully saturated rings. The molecule has 0 bridgehead atoms. The molecule has 190 valence electrons. The highest BCUT2D eigenvalue weighted by atomic mass is 32.1. The summed E-state index contributed by atoms with van der Waals surface area (Å²) >= 11 is 1.89. The van der Waals surface area contributed by atoms with E-state index in [1.807, 2.05) is 23.6 Å². The maximum Gasteiger partial charge on any atom is 0.145 e. The van der Waals surface area contributed by atoms with Crippen molar-refractivity contribution in [2.24, 2.45) is 0 Å². The Balaban J connectivity index is 1.40. The number of pyridine rings is 1. The Morgan fingerprint density at radius 3 is 2.29 bits per heavy atom. The number of benzene rings is 6. The van der Waals surface area contributed by atoms with Gasteiger partial charge in [0.05, 0.1) is 11.0 Å². The predicted molar refractivity (Wildman–Crippen MR) is 176 cm³/mol. The topological polar surface area (TPSA) is 33.6 Å². The molecule has 6 aromatic carbocycles. The Kier molecular flexibility index (Phi) is 4.07. The van der Waals surface area contributed by atoms with Crippen LogP contribution in [0.2, 0.25) is 0 Å². The molecule has 4 heteroatoms. The number of thiophene rings is 1. The zero-order valence-electron chi connectivity index (χ0n) is 21.8. The molecular formula is C37H21N3S. The van der Waals surface area contributed by atoms with E-state index in [0.29, 0.717) is 0 Å². The molecule has 3 nitrogen and oxygen atoms in total. The molecule has 0 saturated heterocycles. The first kappa shape index (κ1) is 21.6. The molecule has 0 saturated carbocycles. The second-order valence-electron chi connectivity index (χ2n) is 10.9. The molecule has 0 unspecified atom stereocenters. The summed E-state index contributed by atoms with van der Waals surface area (Å²) < 4.78 is 4.95. The van der Waals surface area contributed by atoms with Crippen LogP contribution in [0.4, 0.5) is 0 Å². The van der Waals surface area contributed by atoms with Gasteiger partial charge >= 0.3 is 0 Å². The molecule has 0 aliphatic carbocycles. The van der Waals surface area contributed by atoms with Gasteiger partial charge in [-0.05, 0) is 58.6 Å². The van der Waals surface area contributed by atoms with Crippen molar-refractivity contribution in [1.29, 1.82) is 0 Å². The molecule has 0 aliphatic heterocycles. The van der Waals surface area contributed by atoms with E-state index in [-0.39, 0.29) is 0 Å². The number of hydrogen-bond acceptors (Lipinski definition) is 2. The van der Waals surface area contributed by atoms with Crippen LogP contribution in [0.1, 0.15) is 0 Å². The molecule has 1 N–H and O–H groups in total. The number of H-pyrrole nitrogens is 1. The number of nitrogens with zero attached hydrogens (tertiary/aromatic N) is 2. The number of aromatic nitrogens is 3. The zero-order valence-corrected chi connectivity index (χ0v) is 22.7. The van der Waals surface area contributed by atoms with Crippen LogP contribution in [0.5, 0.6) is 0 Å². The van der Waals surface area contributed by atoms with E-state index in [1.54, 1.807) is 0 Å². The fourth-order valence-electron chi connectivity index (χ4n) is 6.96. The van der Waals surface area contributed by atoms with Gasteiger partial charge in [-0.2, -0.15) is 0 Å². The van der Waals surface area contributed by atoms with Crippen LogP contribution in [-0.4, -0.2) is 14.5 Å². The van der Waals surface area contributed by atoms with E-state index < -0.39 is 0 Å². The van der Waals surface area contributed by atoms with Crippen LogP contribution in [-0.2, 0) is 0 Å². The third-order valence-corrected chi connectivity index (χ3v) is 9.91. The minimum absolute atomic E-state index is 0.987. The predicted octanol–water partition coefficient (Wildman–Crippen LogP) is 10.5.